The zero-order chi connectivity index (χ0) is 14.7. The molecule has 2 amide bonds. The van der Waals surface area contributed by atoms with Crippen molar-refractivity contribution in [2.45, 2.75) is 6.92 Å². The predicted octanol–water partition coefficient (Wildman–Crippen LogP) is 2.30. The van der Waals surface area contributed by atoms with Gasteiger partial charge in [0.15, 0.2) is 0 Å². The van der Waals surface area contributed by atoms with Crippen molar-refractivity contribution in [3.05, 3.63) is 59.1 Å². The highest BCUT2D eigenvalue weighted by Gasteiger charge is 2.17. The first-order valence-electron chi connectivity index (χ1n) is 5.90. The van der Waals surface area contributed by atoms with Gasteiger partial charge in [-0.2, -0.15) is 0 Å². The van der Waals surface area contributed by atoms with Crippen LogP contribution in [0.25, 0.3) is 0 Å². The Labute approximate surface area is 120 Å². The van der Waals surface area contributed by atoms with Crippen LogP contribution in [0.5, 0.6) is 0 Å². The van der Waals surface area contributed by atoms with Crippen molar-refractivity contribution in [1.82, 2.24) is 9.74 Å². The van der Waals surface area contributed by atoms with Crippen LogP contribution in [-0.2, 0) is 4.79 Å². The second-order valence-electron chi connectivity index (χ2n) is 4.31. The van der Waals surface area contributed by atoms with Crippen LogP contribution in [0.4, 0.5) is 4.39 Å². The van der Waals surface area contributed by atoms with Gasteiger partial charge >= 0.3 is 0 Å². The fourth-order valence-corrected chi connectivity index (χ4v) is 1.93. The Bertz CT molecular complexity index is 626. The summed E-state index contributed by atoms with van der Waals surface area (Å²) in [6.07, 6.45) is 4.68. The molecule has 1 aliphatic rings. The van der Waals surface area contributed by atoms with Gasteiger partial charge in [0, 0.05) is 23.5 Å². The summed E-state index contributed by atoms with van der Waals surface area (Å²) in [5, 5.41) is 2.21. The van der Waals surface area contributed by atoms with Gasteiger partial charge in [0.25, 0.3) is 11.8 Å². The summed E-state index contributed by atoms with van der Waals surface area (Å²) in [5.74, 6) is -1.76. The van der Waals surface area contributed by atoms with Crippen LogP contribution >= 0.6 is 11.8 Å². The average molecular weight is 295 g/mol. The van der Waals surface area contributed by atoms with E-state index in [1.165, 1.54) is 22.8 Å². The zero-order valence-electron chi connectivity index (χ0n) is 10.7. The first-order chi connectivity index (χ1) is 9.47. The molecule has 6 heteroatoms. The maximum absolute atomic E-state index is 13.1. The van der Waals surface area contributed by atoms with Gasteiger partial charge in [-0.25, -0.2) is 4.39 Å². The van der Waals surface area contributed by atoms with Crippen LogP contribution in [-0.4, -0.2) is 22.8 Å². The van der Waals surface area contributed by atoms with E-state index in [-0.39, 0.29) is 11.1 Å². The molecule has 1 aromatic rings. The number of halogens is 2. The van der Waals surface area contributed by atoms with Gasteiger partial charge in [-0.15, -0.1) is 0 Å². The molecule has 0 spiro atoms. The van der Waals surface area contributed by atoms with E-state index in [0.29, 0.717) is 12.1 Å². The minimum Gasteiger partial charge on any atom is -0.288 e. The molecule has 0 aliphatic carbocycles. The van der Waals surface area contributed by atoms with Gasteiger partial charge in [0.05, 0.1) is 12.1 Å². The van der Waals surface area contributed by atoms with Crippen molar-refractivity contribution in [3.8, 4) is 0 Å². The third kappa shape index (κ3) is 3.24. The van der Waals surface area contributed by atoms with Gasteiger partial charge in [-0.05, 0) is 24.6 Å². The van der Waals surface area contributed by atoms with Gasteiger partial charge in [0.2, 0.25) is 0 Å². The highest BCUT2D eigenvalue weighted by Crippen LogP contribution is 2.12. The molecule has 104 valence electrons. The van der Waals surface area contributed by atoms with E-state index in [0.717, 1.165) is 6.07 Å². The lowest BCUT2D eigenvalue weighted by atomic mass is 10.1. The van der Waals surface area contributed by atoms with Crippen LogP contribution in [0.1, 0.15) is 15.9 Å². The van der Waals surface area contributed by atoms with E-state index in [4.69, 9.17) is 11.8 Å². The van der Waals surface area contributed by atoms with Crippen molar-refractivity contribution >= 4 is 23.6 Å². The number of imide groups is 1. The summed E-state index contributed by atoms with van der Waals surface area (Å²) in [5.41, 5.74) is 0.971. The molecular weight excluding hydrogens is 283 g/mol. The van der Waals surface area contributed by atoms with Gasteiger partial charge in [0.1, 0.15) is 5.82 Å². The Hall–Kier alpha value is -2.14. The molecule has 0 saturated carbocycles. The first kappa shape index (κ1) is 14.3. The number of amides is 2. The Morgan fingerprint density at radius 2 is 2.10 bits per heavy atom. The number of benzene rings is 1. The lowest BCUT2D eigenvalue weighted by Crippen LogP contribution is -2.32. The molecule has 0 radical (unpaired) electrons. The molecule has 1 heterocycles. The summed E-state index contributed by atoms with van der Waals surface area (Å²) >= 11 is 5.75. The Morgan fingerprint density at radius 1 is 1.35 bits per heavy atom. The number of nitrogens with one attached hydrogen (secondary N) is 1. The normalized spacial score (nSPS) is 13.9. The number of carbonyl (C=O) groups is 2. The fourth-order valence-electron chi connectivity index (χ4n) is 1.74. The predicted molar refractivity (Wildman–Crippen MR) is 73.4 cm³/mol. The monoisotopic (exact) mass is 294 g/mol. The van der Waals surface area contributed by atoms with Crippen molar-refractivity contribution in [2.24, 2.45) is 0 Å². The molecule has 1 N–H and O–H groups in total. The molecule has 4 nitrogen and oxygen atoms in total. The van der Waals surface area contributed by atoms with Crippen molar-refractivity contribution in [1.29, 1.82) is 0 Å². The smallest absolute Gasteiger partial charge is 0.259 e. The van der Waals surface area contributed by atoms with E-state index in [1.54, 1.807) is 19.1 Å². The standard InChI is InChI=1S/C14H12ClFN2O2/c1-9-4-5-11(16)7-12(9)14(20)17-13(19)10-3-2-6-18(15)8-10/h2-5,7-8H,6H2,1H3,(H,17,19,20). The SMILES string of the molecule is Cc1ccc(F)cc1C(=O)NC(=O)C1=CN(Cl)CC=C1. The van der Waals surface area contributed by atoms with Crippen molar-refractivity contribution in [2.75, 3.05) is 6.54 Å². The number of aryl methyl sites for hydroxylation is 1. The molecule has 0 fully saturated rings. The number of nitrogens with zero attached hydrogens (tertiary/aromatic N) is 1. The maximum Gasteiger partial charge on any atom is 0.259 e. The largest absolute Gasteiger partial charge is 0.288 e. The molecule has 0 atom stereocenters. The van der Waals surface area contributed by atoms with E-state index in [1.807, 2.05) is 0 Å². The zero-order valence-corrected chi connectivity index (χ0v) is 11.4. The summed E-state index contributed by atoms with van der Waals surface area (Å²) < 4.78 is 14.4. The highest BCUT2D eigenvalue weighted by molar-refractivity contribution is 6.16. The number of hydrogen-bond donors (Lipinski definition) is 1. The van der Waals surface area contributed by atoms with Crippen LogP contribution < -0.4 is 5.32 Å². The number of hydrogen-bond acceptors (Lipinski definition) is 3. The van der Waals surface area contributed by atoms with E-state index >= 15 is 0 Å². The van der Waals surface area contributed by atoms with Crippen LogP contribution in [0.3, 0.4) is 0 Å². The maximum atomic E-state index is 13.1. The second kappa shape index (κ2) is 5.88. The van der Waals surface area contributed by atoms with Crippen molar-refractivity contribution < 1.29 is 14.0 Å². The number of carbonyl (C=O) groups excluding carboxylic acids is 2. The topological polar surface area (TPSA) is 49.4 Å². The van der Waals surface area contributed by atoms with Crippen LogP contribution in [0, 0.1) is 12.7 Å². The minimum absolute atomic E-state index is 0.126. The quantitative estimate of drug-likeness (QED) is 0.672. The third-order valence-corrected chi connectivity index (χ3v) is 3.03. The third-order valence-electron chi connectivity index (χ3n) is 2.79. The Balaban J connectivity index is 2.14. The van der Waals surface area contributed by atoms with Crippen LogP contribution in [0.2, 0.25) is 0 Å². The fraction of sp³-hybridized carbons (Fsp3) is 0.143. The Morgan fingerprint density at radius 3 is 2.80 bits per heavy atom. The molecule has 0 unspecified atom stereocenters. The van der Waals surface area contributed by atoms with Crippen LogP contribution in [0.15, 0.2) is 42.1 Å². The summed E-state index contributed by atoms with van der Waals surface area (Å²) in [6.45, 7) is 2.15. The van der Waals surface area contributed by atoms with E-state index < -0.39 is 17.6 Å². The molecule has 1 aliphatic heterocycles. The average Bonchev–Trinajstić information content (AvgIpc) is 2.41. The Kier molecular flexibility index (Phi) is 4.20. The van der Waals surface area contributed by atoms with Gasteiger partial charge < -0.3 is 0 Å². The summed E-state index contributed by atoms with van der Waals surface area (Å²) in [6, 6.07) is 3.83. The molecule has 0 aromatic heterocycles. The van der Waals surface area contributed by atoms with Gasteiger partial charge in [-0.3, -0.25) is 19.3 Å². The molecule has 20 heavy (non-hydrogen) atoms. The highest BCUT2D eigenvalue weighted by atomic mass is 35.5. The number of rotatable bonds is 2. The van der Waals surface area contributed by atoms with Gasteiger partial charge in [-0.1, -0.05) is 18.2 Å². The molecule has 2 rings (SSSR count). The molecule has 1 aromatic carbocycles. The molecule has 0 saturated heterocycles. The lowest BCUT2D eigenvalue weighted by molar-refractivity contribution is -0.116. The minimum atomic E-state index is -0.645. The second-order valence-corrected chi connectivity index (χ2v) is 4.75. The lowest BCUT2D eigenvalue weighted by Gasteiger charge is -2.14. The summed E-state index contributed by atoms with van der Waals surface area (Å²) in [7, 11) is 0. The van der Waals surface area contributed by atoms with E-state index in [9.17, 15) is 14.0 Å². The summed E-state index contributed by atoms with van der Waals surface area (Å²) in [4.78, 5) is 23.8. The van der Waals surface area contributed by atoms with Crippen molar-refractivity contribution in [3.63, 3.8) is 0 Å². The molecular formula is C14H12ClFN2O2. The van der Waals surface area contributed by atoms with E-state index in [2.05, 4.69) is 5.32 Å². The molecule has 0 bridgehead atoms. The first-order valence-corrected chi connectivity index (χ1v) is 6.24.